The minimum atomic E-state index is 0.320. The van der Waals surface area contributed by atoms with Crippen molar-refractivity contribution in [1.82, 2.24) is 10.3 Å². The van der Waals surface area contributed by atoms with Gasteiger partial charge in [-0.15, -0.1) is 11.3 Å². The average molecular weight is 290 g/mol. The van der Waals surface area contributed by atoms with Crippen LogP contribution in [-0.2, 0) is 6.42 Å². The lowest BCUT2D eigenvalue weighted by Gasteiger charge is -2.18. The van der Waals surface area contributed by atoms with Gasteiger partial charge < -0.3 is 10.1 Å². The van der Waals surface area contributed by atoms with E-state index in [9.17, 15) is 0 Å². The molecule has 1 N–H and O–H groups in total. The highest BCUT2D eigenvalue weighted by Crippen LogP contribution is 2.17. The van der Waals surface area contributed by atoms with Crippen LogP contribution in [-0.4, -0.2) is 18.1 Å². The van der Waals surface area contributed by atoms with Crippen molar-refractivity contribution in [3.05, 3.63) is 46.4 Å². The molecule has 1 aromatic heterocycles. The lowest BCUT2D eigenvalue weighted by Crippen LogP contribution is -2.29. The number of rotatable bonds is 7. The van der Waals surface area contributed by atoms with E-state index in [1.807, 2.05) is 23.7 Å². The summed E-state index contributed by atoms with van der Waals surface area (Å²) in [6, 6.07) is 9.10. The smallest absolute Gasteiger partial charge is 0.118 e. The van der Waals surface area contributed by atoms with Crippen molar-refractivity contribution in [1.29, 1.82) is 0 Å². The number of hydrogen-bond acceptors (Lipinski definition) is 4. The quantitative estimate of drug-likeness (QED) is 0.841. The van der Waals surface area contributed by atoms with Gasteiger partial charge in [0.1, 0.15) is 10.8 Å². The Morgan fingerprint density at radius 1 is 1.25 bits per heavy atom. The summed E-state index contributed by atoms with van der Waals surface area (Å²) in [5, 5.41) is 6.78. The molecule has 1 aromatic carbocycles. The number of nitrogens with one attached hydrogen (secondary N) is 1. The van der Waals surface area contributed by atoms with Gasteiger partial charge >= 0.3 is 0 Å². The molecule has 0 radical (unpaired) electrons. The maximum atomic E-state index is 5.17. The predicted octanol–water partition coefficient (Wildman–Crippen LogP) is 3.82. The molecular formula is C16H22N2OS. The molecule has 0 saturated heterocycles. The van der Waals surface area contributed by atoms with Gasteiger partial charge in [0.25, 0.3) is 0 Å². The lowest BCUT2D eigenvalue weighted by atomic mass is 10.1. The molecule has 0 aliphatic carbocycles. The highest BCUT2D eigenvalue weighted by Gasteiger charge is 2.11. The molecule has 1 heterocycles. The van der Waals surface area contributed by atoms with E-state index in [0.29, 0.717) is 12.1 Å². The van der Waals surface area contributed by atoms with Crippen molar-refractivity contribution in [3.8, 4) is 5.75 Å². The van der Waals surface area contributed by atoms with E-state index >= 15 is 0 Å². The summed E-state index contributed by atoms with van der Waals surface area (Å²) in [7, 11) is 1.70. The molecule has 0 aliphatic rings. The van der Waals surface area contributed by atoms with Gasteiger partial charge in [-0.3, -0.25) is 0 Å². The normalized spacial score (nSPS) is 13.9. The molecule has 0 spiro atoms. The Labute approximate surface area is 125 Å². The molecule has 0 fully saturated rings. The molecule has 4 heteroatoms. The number of ether oxygens (including phenoxy) is 1. The molecule has 2 rings (SSSR count). The van der Waals surface area contributed by atoms with E-state index in [0.717, 1.165) is 23.6 Å². The summed E-state index contributed by atoms with van der Waals surface area (Å²) in [4.78, 5) is 4.35. The summed E-state index contributed by atoms with van der Waals surface area (Å²) >= 11 is 1.70. The minimum absolute atomic E-state index is 0.320. The number of aromatic nitrogens is 1. The fourth-order valence-electron chi connectivity index (χ4n) is 2.21. The van der Waals surface area contributed by atoms with E-state index in [-0.39, 0.29) is 0 Å². The van der Waals surface area contributed by atoms with E-state index in [1.165, 1.54) is 5.56 Å². The molecule has 0 saturated carbocycles. The first kappa shape index (κ1) is 15.0. The van der Waals surface area contributed by atoms with Crippen molar-refractivity contribution < 1.29 is 4.74 Å². The van der Waals surface area contributed by atoms with Gasteiger partial charge in [0.15, 0.2) is 0 Å². The van der Waals surface area contributed by atoms with Crippen molar-refractivity contribution in [2.45, 2.75) is 38.8 Å². The highest BCUT2D eigenvalue weighted by molar-refractivity contribution is 7.09. The topological polar surface area (TPSA) is 34.1 Å². The summed E-state index contributed by atoms with van der Waals surface area (Å²) < 4.78 is 5.17. The van der Waals surface area contributed by atoms with Crippen LogP contribution >= 0.6 is 11.3 Å². The van der Waals surface area contributed by atoms with E-state index in [2.05, 4.69) is 36.3 Å². The van der Waals surface area contributed by atoms with Crippen molar-refractivity contribution in [3.63, 3.8) is 0 Å². The Kier molecular flexibility index (Phi) is 5.56. The number of aryl methyl sites for hydroxylation is 1. The first-order valence-electron chi connectivity index (χ1n) is 6.97. The average Bonchev–Trinajstić information content (AvgIpc) is 3.00. The van der Waals surface area contributed by atoms with Gasteiger partial charge in [-0.25, -0.2) is 4.98 Å². The minimum Gasteiger partial charge on any atom is -0.497 e. The maximum absolute atomic E-state index is 5.17. The largest absolute Gasteiger partial charge is 0.497 e. The van der Waals surface area contributed by atoms with E-state index in [4.69, 9.17) is 4.74 Å². The van der Waals surface area contributed by atoms with Crippen LogP contribution in [0.4, 0.5) is 0 Å². The summed E-state index contributed by atoms with van der Waals surface area (Å²) in [5.74, 6) is 0.914. The Morgan fingerprint density at radius 2 is 2.00 bits per heavy atom. The fourth-order valence-corrected chi connectivity index (χ4v) is 2.86. The van der Waals surface area contributed by atoms with Gasteiger partial charge in [0, 0.05) is 17.6 Å². The molecule has 2 unspecified atom stereocenters. The predicted molar refractivity (Wildman–Crippen MR) is 84.4 cm³/mol. The first-order chi connectivity index (χ1) is 9.69. The summed E-state index contributed by atoms with van der Waals surface area (Å²) in [5.41, 5.74) is 1.35. The molecule has 20 heavy (non-hydrogen) atoms. The zero-order valence-electron chi connectivity index (χ0n) is 12.3. The number of thiazole rings is 1. The Hall–Kier alpha value is -1.39. The second-order valence-electron chi connectivity index (χ2n) is 5.05. The van der Waals surface area contributed by atoms with Crippen LogP contribution in [0, 0.1) is 0 Å². The third kappa shape index (κ3) is 4.32. The van der Waals surface area contributed by atoms with Crippen molar-refractivity contribution >= 4 is 11.3 Å². The monoisotopic (exact) mass is 290 g/mol. The maximum Gasteiger partial charge on any atom is 0.118 e. The van der Waals surface area contributed by atoms with Crippen LogP contribution < -0.4 is 10.1 Å². The fraction of sp³-hybridized carbons (Fsp3) is 0.438. The van der Waals surface area contributed by atoms with Crippen LogP contribution in [0.1, 0.15) is 36.9 Å². The Bertz CT molecular complexity index is 496. The zero-order chi connectivity index (χ0) is 14.4. The number of hydrogen-bond donors (Lipinski definition) is 1. The molecule has 0 aliphatic heterocycles. The summed E-state index contributed by atoms with van der Waals surface area (Å²) in [6.45, 7) is 4.40. The molecular weight excluding hydrogens is 268 g/mol. The molecule has 0 bridgehead atoms. The third-order valence-corrected chi connectivity index (χ3v) is 4.34. The van der Waals surface area contributed by atoms with Gasteiger partial charge in [-0.2, -0.15) is 0 Å². The van der Waals surface area contributed by atoms with Crippen molar-refractivity contribution in [2.75, 3.05) is 7.11 Å². The van der Waals surface area contributed by atoms with Gasteiger partial charge in [-0.05, 0) is 44.4 Å². The molecule has 3 nitrogen and oxygen atoms in total. The van der Waals surface area contributed by atoms with Crippen LogP contribution in [0.15, 0.2) is 35.8 Å². The Balaban J connectivity index is 1.78. The van der Waals surface area contributed by atoms with E-state index < -0.39 is 0 Å². The molecule has 2 aromatic rings. The number of nitrogens with zero attached hydrogens (tertiary/aromatic N) is 1. The second kappa shape index (κ2) is 7.41. The second-order valence-corrected chi connectivity index (χ2v) is 5.97. The molecule has 2 atom stereocenters. The van der Waals surface area contributed by atoms with Gasteiger partial charge in [0.05, 0.1) is 13.2 Å². The zero-order valence-corrected chi connectivity index (χ0v) is 13.1. The Morgan fingerprint density at radius 3 is 2.60 bits per heavy atom. The van der Waals surface area contributed by atoms with E-state index in [1.54, 1.807) is 18.4 Å². The molecule has 108 valence electrons. The SMILES string of the molecule is COc1ccc(CCC(C)NC(C)c2nccs2)cc1. The molecule has 0 amide bonds. The number of benzene rings is 1. The third-order valence-electron chi connectivity index (χ3n) is 3.38. The van der Waals surface area contributed by atoms with Crippen LogP contribution in [0.3, 0.4) is 0 Å². The van der Waals surface area contributed by atoms with Crippen LogP contribution in [0.5, 0.6) is 5.75 Å². The highest BCUT2D eigenvalue weighted by atomic mass is 32.1. The lowest BCUT2D eigenvalue weighted by molar-refractivity contribution is 0.414. The van der Waals surface area contributed by atoms with Crippen molar-refractivity contribution in [2.24, 2.45) is 0 Å². The standard InChI is InChI=1S/C16H22N2OS/c1-12(18-13(2)16-17-10-11-20-16)4-5-14-6-8-15(19-3)9-7-14/h6-13,18H,4-5H2,1-3H3. The number of methoxy groups -OCH3 is 1. The van der Waals surface area contributed by atoms with Crippen LogP contribution in [0.25, 0.3) is 0 Å². The van der Waals surface area contributed by atoms with Gasteiger partial charge in [0.2, 0.25) is 0 Å². The summed E-state index contributed by atoms with van der Waals surface area (Å²) in [6.07, 6.45) is 4.05. The first-order valence-corrected chi connectivity index (χ1v) is 7.85. The van der Waals surface area contributed by atoms with Gasteiger partial charge in [-0.1, -0.05) is 12.1 Å². The van der Waals surface area contributed by atoms with Crippen LogP contribution in [0.2, 0.25) is 0 Å².